The highest BCUT2D eigenvalue weighted by molar-refractivity contribution is 5.83. The Morgan fingerprint density at radius 1 is 1.23 bits per heavy atom. The van der Waals surface area contributed by atoms with Crippen molar-refractivity contribution in [2.75, 3.05) is 38.2 Å². The quantitative estimate of drug-likeness (QED) is 0.845. The summed E-state index contributed by atoms with van der Waals surface area (Å²) in [6.07, 6.45) is 2.01. The number of pyridine rings is 1. The van der Waals surface area contributed by atoms with E-state index in [1.165, 1.54) is 0 Å². The second-order valence-corrected chi connectivity index (χ2v) is 6.74. The standard InChI is InChI=1S/C20H23N3O3/c1-14-4-3-5-15-12-17(26-19(14)15)20(24)23-10-8-22(9-11-23)18-13-16(25-2)6-7-21-18/h3-7,13,17H,8-12H2,1-2H3. The molecule has 1 fully saturated rings. The predicted molar refractivity (Wildman–Crippen MR) is 98.9 cm³/mol. The first-order valence-electron chi connectivity index (χ1n) is 8.94. The molecule has 2 aliphatic rings. The molecule has 1 saturated heterocycles. The number of piperazine rings is 1. The molecule has 0 saturated carbocycles. The summed E-state index contributed by atoms with van der Waals surface area (Å²) in [4.78, 5) is 21.4. The van der Waals surface area contributed by atoms with E-state index >= 15 is 0 Å². The molecule has 0 N–H and O–H groups in total. The number of carbonyl (C=O) groups is 1. The summed E-state index contributed by atoms with van der Waals surface area (Å²) in [5.41, 5.74) is 2.22. The number of carbonyl (C=O) groups excluding carboxylic acids is 1. The zero-order valence-electron chi connectivity index (χ0n) is 15.1. The number of hydrogen-bond donors (Lipinski definition) is 0. The van der Waals surface area contributed by atoms with Crippen molar-refractivity contribution in [1.82, 2.24) is 9.88 Å². The van der Waals surface area contributed by atoms with E-state index in [1.54, 1.807) is 13.3 Å². The molecule has 6 heteroatoms. The van der Waals surface area contributed by atoms with Crippen LogP contribution >= 0.6 is 0 Å². The molecule has 1 unspecified atom stereocenters. The maximum atomic E-state index is 12.9. The number of anilines is 1. The summed E-state index contributed by atoms with van der Waals surface area (Å²) < 4.78 is 11.2. The lowest BCUT2D eigenvalue weighted by molar-refractivity contribution is -0.138. The average Bonchev–Trinajstić information content (AvgIpc) is 3.13. The van der Waals surface area contributed by atoms with Gasteiger partial charge in [-0.1, -0.05) is 18.2 Å². The van der Waals surface area contributed by atoms with E-state index in [1.807, 2.05) is 42.2 Å². The average molecular weight is 353 g/mol. The molecule has 0 aliphatic carbocycles. The van der Waals surface area contributed by atoms with Crippen LogP contribution in [0.15, 0.2) is 36.5 Å². The SMILES string of the molecule is COc1ccnc(N2CCN(C(=O)C3Cc4cccc(C)c4O3)CC2)c1. The van der Waals surface area contributed by atoms with Crippen molar-refractivity contribution in [3.63, 3.8) is 0 Å². The van der Waals surface area contributed by atoms with Crippen LogP contribution in [0.3, 0.4) is 0 Å². The Balaban J connectivity index is 1.38. The van der Waals surface area contributed by atoms with Crippen molar-refractivity contribution < 1.29 is 14.3 Å². The van der Waals surface area contributed by atoms with Crippen LogP contribution in [0.1, 0.15) is 11.1 Å². The molecule has 136 valence electrons. The third-order valence-electron chi connectivity index (χ3n) is 5.10. The molecule has 2 aromatic rings. The number of nitrogens with zero attached hydrogens (tertiary/aromatic N) is 3. The topological polar surface area (TPSA) is 54.9 Å². The van der Waals surface area contributed by atoms with E-state index in [0.29, 0.717) is 19.5 Å². The molecule has 4 rings (SSSR count). The molecular formula is C20H23N3O3. The molecule has 1 amide bonds. The number of amides is 1. The Hall–Kier alpha value is -2.76. The minimum Gasteiger partial charge on any atom is -0.497 e. The highest BCUT2D eigenvalue weighted by Gasteiger charge is 2.34. The first-order valence-corrected chi connectivity index (χ1v) is 8.94. The second-order valence-electron chi connectivity index (χ2n) is 6.74. The van der Waals surface area contributed by atoms with Crippen molar-refractivity contribution in [3.05, 3.63) is 47.7 Å². The first kappa shape index (κ1) is 16.7. The Morgan fingerprint density at radius 2 is 2.04 bits per heavy atom. The van der Waals surface area contributed by atoms with Crippen LogP contribution in [0.5, 0.6) is 11.5 Å². The van der Waals surface area contributed by atoms with Crippen LogP contribution in [0.4, 0.5) is 5.82 Å². The molecule has 0 spiro atoms. The predicted octanol–water partition coefficient (Wildman–Crippen LogP) is 2.05. The number of aryl methyl sites for hydroxylation is 1. The van der Waals surface area contributed by atoms with Crippen LogP contribution < -0.4 is 14.4 Å². The largest absolute Gasteiger partial charge is 0.497 e. The van der Waals surface area contributed by atoms with Gasteiger partial charge in [-0.05, 0) is 24.1 Å². The summed E-state index contributed by atoms with van der Waals surface area (Å²) in [5, 5.41) is 0. The normalized spacial score (nSPS) is 19.1. The highest BCUT2D eigenvalue weighted by Crippen LogP contribution is 2.32. The Labute approximate surface area is 153 Å². The zero-order chi connectivity index (χ0) is 18.1. The van der Waals surface area contributed by atoms with E-state index in [0.717, 1.165) is 41.5 Å². The van der Waals surface area contributed by atoms with Gasteiger partial charge in [0.15, 0.2) is 6.10 Å². The van der Waals surface area contributed by atoms with Crippen molar-refractivity contribution >= 4 is 11.7 Å². The van der Waals surface area contributed by atoms with Crippen LogP contribution in [-0.4, -0.2) is 55.2 Å². The zero-order valence-corrected chi connectivity index (χ0v) is 15.1. The molecule has 1 aromatic carbocycles. The lowest BCUT2D eigenvalue weighted by Gasteiger charge is -2.36. The van der Waals surface area contributed by atoms with Crippen LogP contribution in [0.25, 0.3) is 0 Å². The van der Waals surface area contributed by atoms with Gasteiger partial charge >= 0.3 is 0 Å². The van der Waals surface area contributed by atoms with Gasteiger partial charge in [0.05, 0.1) is 7.11 Å². The van der Waals surface area contributed by atoms with Gasteiger partial charge in [0.2, 0.25) is 0 Å². The number of methoxy groups -OCH3 is 1. The number of hydrogen-bond acceptors (Lipinski definition) is 5. The molecule has 26 heavy (non-hydrogen) atoms. The van der Waals surface area contributed by atoms with Crippen LogP contribution in [0, 0.1) is 6.92 Å². The minimum atomic E-state index is -0.396. The van der Waals surface area contributed by atoms with Gasteiger partial charge in [-0.2, -0.15) is 0 Å². The van der Waals surface area contributed by atoms with Crippen molar-refractivity contribution in [3.8, 4) is 11.5 Å². The summed E-state index contributed by atoms with van der Waals surface area (Å²) in [6.45, 7) is 4.88. The fraction of sp³-hybridized carbons (Fsp3) is 0.400. The van der Waals surface area contributed by atoms with Gasteiger partial charge in [0.25, 0.3) is 5.91 Å². The Kier molecular flexibility index (Phi) is 4.41. The number of benzene rings is 1. The Morgan fingerprint density at radius 3 is 2.77 bits per heavy atom. The van der Waals surface area contributed by atoms with Gasteiger partial charge in [-0.25, -0.2) is 4.98 Å². The molecule has 0 bridgehead atoms. The fourth-order valence-corrected chi connectivity index (χ4v) is 3.62. The van der Waals surface area contributed by atoms with Gasteiger partial charge < -0.3 is 19.3 Å². The van der Waals surface area contributed by atoms with Crippen molar-refractivity contribution in [1.29, 1.82) is 0 Å². The summed E-state index contributed by atoms with van der Waals surface area (Å²) in [5.74, 6) is 2.64. The summed E-state index contributed by atoms with van der Waals surface area (Å²) in [6, 6.07) is 9.84. The van der Waals surface area contributed by atoms with E-state index in [-0.39, 0.29) is 5.91 Å². The third kappa shape index (κ3) is 3.07. The van der Waals surface area contributed by atoms with Gasteiger partial charge in [-0.15, -0.1) is 0 Å². The van der Waals surface area contributed by atoms with Crippen LogP contribution in [0.2, 0.25) is 0 Å². The van der Waals surface area contributed by atoms with Gasteiger partial charge in [-0.3, -0.25) is 4.79 Å². The van der Waals surface area contributed by atoms with Gasteiger partial charge in [0, 0.05) is 44.9 Å². The molecule has 1 atom stereocenters. The summed E-state index contributed by atoms with van der Waals surface area (Å²) >= 11 is 0. The van der Waals surface area contributed by atoms with Crippen LogP contribution in [-0.2, 0) is 11.2 Å². The molecule has 6 nitrogen and oxygen atoms in total. The lowest BCUT2D eigenvalue weighted by atomic mass is 10.1. The summed E-state index contributed by atoms with van der Waals surface area (Å²) in [7, 11) is 1.65. The number of ether oxygens (including phenoxy) is 2. The molecule has 2 aliphatic heterocycles. The smallest absolute Gasteiger partial charge is 0.264 e. The molecule has 1 aromatic heterocycles. The monoisotopic (exact) mass is 353 g/mol. The van der Waals surface area contributed by atoms with Crippen molar-refractivity contribution in [2.45, 2.75) is 19.4 Å². The maximum Gasteiger partial charge on any atom is 0.264 e. The number of fused-ring (bicyclic) bond motifs is 1. The molecule has 3 heterocycles. The number of aromatic nitrogens is 1. The van der Waals surface area contributed by atoms with E-state index in [9.17, 15) is 4.79 Å². The minimum absolute atomic E-state index is 0.0823. The molecule has 0 radical (unpaired) electrons. The number of rotatable bonds is 3. The third-order valence-corrected chi connectivity index (χ3v) is 5.10. The van der Waals surface area contributed by atoms with E-state index < -0.39 is 6.10 Å². The Bertz CT molecular complexity index is 816. The van der Waals surface area contributed by atoms with E-state index in [2.05, 4.69) is 9.88 Å². The highest BCUT2D eigenvalue weighted by atomic mass is 16.5. The second kappa shape index (κ2) is 6.86. The fourth-order valence-electron chi connectivity index (χ4n) is 3.62. The van der Waals surface area contributed by atoms with Crippen molar-refractivity contribution in [2.24, 2.45) is 0 Å². The van der Waals surface area contributed by atoms with E-state index in [4.69, 9.17) is 9.47 Å². The lowest BCUT2D eigenvalue weighted by Crippen LogP contribution is -2.52. The maximum absolute atomic E-state index is 12.9. The number of para-hydroxylation sites is 1. The molecular weight excluding hydrogens is 330 g/mol. The van der Waals surface area contributed by atoms with Gasteiger partial charge in [0.1, 0.15) is 17.3 Å². The first-order chi connectivity index (χ1) is 12.7.